The monoisotopic (exact) mass is 782 g/mol. The Kier molecular flexibility index (Phi) is 10.2. The van der Waals surface area contributed by atoms with E-state index >= 15 is 0 Å². The van der Waals surface area contributed by atoms with Gasteiger partial charge in [0.25, 0.3) is 0 Å². The second kappa shape index (κ2) is 16.7. The van der Waals surface area contributed by atoms with Crippen LogP contribution in [0.1, 0.15) is 27.8 Å². The predicted molar refractivity (Wildman–Crippen MR) is 257 cm³/mol. The summed E-state index contributed by atoms with van der Waals surface area (Å²) in [4.78, 5) is 17.1. The van der Waals surface area contributed by atoms with Gasteiger partial charge in [-0.1, -0.05) is 176 Å². The van der Waals surface area contributed by atoms with Gasteiger partial charge in [0.05, 0.1) is 6.54 Å². The lowest BCUT2D eigenvalue weighted by Gasteiger charge is -2.26. The normalized spacial score (nSPS) is 12.2. The Morgan fingerprint density at radius 2 is 1.03 bits per heavy atom. The van der Waals surface area contributed by atoms with Crippen LogP contribution in [0.2, 0.25) is 0 Å². The van der Waals surface area contributed by atoms with E-state index in [2.05, 4.69) is 186 Å². The van der Waals surface area contributed by atoms with Gasteiger partial charge in [0, 0.05) is 28.2 Å². The lowest BCUT2D eigenvalue weighted by atomic mass is 9.91. The summed E-state index contributed by atoms with van der Waals surface area (Å²) in [6.07, 6.45) is 0.847. The fourth-order valence-corrected chi connectivity index (χ4v) is 8.59. The highest BCUT2D eigenvalue weighted by Gasteiger charge is 2.26. The maximum atomic E-state index is 5.19. The van der Waals surface area contributed by atoms with Crippen LogP contribution < -0.4 is 4.90 Å². The zero-order valence-corrected chi connectivity index (χ0v) is 33.7. The van der Waals surface area contributed by atoms with E-state index in [1.54, 1.807) is 0 Å². The number of hydrogen-bond acceptors (Lipinski definition) is 2. The van der Waals surface area contributed by atoms with Gasteiger partial charge in [-0.3, -0.25) is 4.99 Å². The molecule has 0 aromatic heterocycles. The average molecular weight is 783 g/mol. The summed E-state index contributed by atoms with van der Waals surface area (Å²) < 4.78 is 0. The van der Waals surface area contributed by atoms with Gasteiger partial charge >= 0.3 is 0 Å². The van der Waals surface area contributed by atoms with Crippen LogP contribution in [-0.2, 0) is 13.0 Å². The van der Waals surface area contributed by atoms with Gasteiger partial charge in [-0.25, -0.2) is 9.98 Å². The number of anilines is 3. The van der Waals surface area contributed by atoms with E-state index in [0.717, 1.165) is 51.1 Å². The molecule has 0 aliphatic heterocycles. The van der Waals surface area contributed by atoms with E-state index in [1.165, 1.54) is 44.3 Å². The Morgan fingerprint density at radius 3 is 1.70 bits per heavy atom. The molecule has 0 bridgehead atoms. The Labute approximate surface area is 357 Å². The molecular formula is C57H42N4. The summed E-state index contributed by atoms with van der Waals surface area (Å²) in [7, 11) is 0. The SMILES string of the molecule is C=N/C(=N\C(=N/Cc1ccccc1)c1ccccc1)c1cc2c(c3ccccc13)Cc1cccc(-c3ccc(N(c4ccccc4)c4ccc(-c5ccccc5)cc4)cc3)c1-2. The second-order valence-corrected chi connectivity index (χ2v) is 15.2. The minimum absolute atomic E-state index is 0.503. The van der Waals surface area contributed by atoms with Crippen molar-refractivity contribution in [2.24, 2.45) is 15.0 Å². The third-order valence-electron chi connectivity index (χ3n) is 11.5. The van der Waals surface area contributed by atoms with Crippen LogP contribution in [-0.4, -0.2) is 18.4 Å². The molecule has 61 heavy (non-hydrogen) atoms. The van der Waals surface area contributed by atoms with Crippen LogP contribution in [0, 0.1) is 0 Å². The standard InChI is InChI=1S/C57H42N4/c1-58-57(60-56(44-21-10-4-11-22-44)59-39-40-17-6-2-7-18-40)54-38-53-52(50-26-14-15-27-51(50)54)37-45-23-16-28-49(55(45)53)43-31-35-48(36-32-43)61(46-24-12-5-13-25-46)47-33-29-42(30-34-47)41-19-8-3-9-20-41/h2-36,38H,1,37,39H2/b59-56-,60-57-. The molecule has 4 heteroatoms. The molecule has 0 radical (unpaired) electrons. The Balaban J connectivity index is 1.05. The van der Waals surface area contributed by atoms with Gasteiger partial charge in [0.1, 0.15) is 0 Å². The van der Waals surface area contributed by atoms with Gasteiger partial charge in [-0.15, -0.1) is 0 Å². The van der Waals surface area contributed by atoms with E-state index in [9.17, 15) is 0 Å². The highest BCUT2D eigenvalue weighted by atomic mass is 15.1. The molecule has 9 aromatic rings. The topological polar surface area (TPSA) is 40.3 Å². The maximum absolute atomic E-state index is 5.19. The highest BCUT2D eigenvalue weighted by Crippen LogP contribution is 2.47. The van der Waals surface area contributed by atoms with Gasteiger partial charge in [0.15, 0.2) is 11.7 Å². The molecule has 0 atom stereocenters. The summed E-state index contributed by atoms with van der Waals surface area (Å²) in [6, 6.07) is 76.9. The number of para-hydroxylation sites is 1. The van der Waals surface area contributed by atoms with E-state index in [4.69, 9.17) is 9.98 Å². The molecular weight excluding hydrogens is 741 g/mol. The van der Waals surface area contributed by atoms with Crippen LogP contribution in [0.25, 0.3) is 44.2 Å². The Bertz CT molecular complexity index is 3050. The van der Waals surface area contributed by atoms with Crippen LogP contribution in [0.4, 0.5) is 17.1 Å². The summed E-state index contributed by atoms with van der Waals surface area (Å²) in [5.41, 5.74) is 16.1. The molecule has 4 nitrogen and oxygen atoms in total. The van der Waals surface area contributed by atoms with Crippen LogP contribution in [0.15, 0.2) is 233 Å². The zero-order chi connectivity index (χ0) is 41.0. The first-order valence-electron chi connectivity index (χ1n) is 20.7. The number of aliphatic imine (C=N–C) groups is 3. The number of rotatable bonds is 9. The van der Waals surface area contributed by atoms with Crippen LogP contribution >= 0.6 is 0 Å². The molecule has 1 aliphatic rings. The summed E-state index contributed by atoms with van der Waals surface area (Å²) in [5, 5.41) is 2.29. The largest absolute Gasteiger partial charge is 0.311 e. The van der Waals surface area contributed by atoms with Crippen molar-refractivity contribution < 1.29 is 0 Å². The number of amidine groups is 2. The van der Waals surface area contributed by atoms with Crippen molar-refractivity contribution in [3.8, 4) is 33.4 Å². The molecule has 0 saturated heterocycles. The highest BCUT2D eigenvalue weighted by molar-refractivity contribution is 6.19. The lowest BCUT2D eigenvalue weighted by Crippen LogP contribution is -2.09. The number of fused-ring (bicyclic) bond motifs is 5. The predicted octanol–water partition coefficient (Wildman–Crippen LogP) is 14.3. The maximum Gasteiger partial charge on any atom is 0.161 e. The molecule has 0 N–H and O–H groups in total. The first-order chi connectivity index (χ1) is 30.2. The third-order valence-corrected chi connectivity index (χ3v) is 11.5. The Morgan fingerprint density at radius 1 is 0.475 bits per heavy atom. The van der Waals surface area contributed by atoms with Crippen LogP contribution in [0.3, 0.4) is 0 Å². The smallest absolute Gasteiger partial charge is 0.161 e. The molecule has 0 saturated carbocycles. The van der Waals surface area contributed by atoms with Gasteiger partial charge in [-0.05, 0) is 116 Å². The van der Waals surface area contributed by atoms with Crippen molar-refractivity contribution in [1.82, 2.24) is 0 Å². The average Bonchev–Trinajstić information content (AvgIpc) is 3.73. The molecule has 0 amide bonds. The molecule has 290 valence electrons. The minimum atomic E-state index is 0.503. The van der Waals surface area contributed by atoms with Crippen molar-refractivity contribution in [2.75, 3.05) is 4.90 Å². The lowest BCUT2D eigenvalue weighted by molar-refractivity contribution is 1.06. The van der Waals surface area contributed by atoms with Crippen molar-refractivity contribution >= 4 is 46.2 Å². The molecule has 0 spiro atoms. The van der Waals surface area contributed by atoms with E-state index in [-0.39, 0.29) is 0 Å². The summed E-state index contributed by atoms with van der Waals surface area (Å²) >= 11 is 0. The zero-order valence-electron chi connectivity index (χ0n) is 33.7. The number of hydrogen-bond donors (Lipinski definition) is 0. The van der Waals surface area contributed by atoms with E-state index < -0.39 is 0 Å². The van der Waals surface area contributed by atoms with Crippen molar-refractivity contribution in [3.63, 3.8) is 0 Å². The van der Waals surface area contributed by atoms with Crippen molar-refractivity contribution in [1.29, 1.82) is 0 Å². The van der Waals surface area contributed by atoms with Gasteiger partial charge in [0.2, 0.25) is 0 Å². The quantitative estimate of drug-likeness (QED) is 0.106. The number of nitrogens with zero attached hydrogens (tertiary/aromatic N) is 4. The third kappa shape index (κ3) is 7.48. The molecule has 10 rings (SSSR count). The summed E-state index contributed by atoms with van der Waals surface area (Å²) in [5.74, 6) is 1.16. The Hall–Kier alpha value is -7.95. The molecule has 0 heterocycles. The molecule has 0 fully saturated rings. The van der Waals surface area contributed by atoms with Crippen molar-refractivity contribution in [3.05, 3.63) is 246 Å². The van der Waals surface area contributed by atoms with Crippen LogP contribution in [0.5, 0.6) is 0 Å². The molecule has 0 unspecified atom stereocenters. The molecule has 1 aliphatic carbocycles. The van der Waals surface area contributed by atoms with E-state index in [0.29, 0.717) is 18.2 Å². The number of benzene rings is 9. The van der Waals surface area contributed by atoms with Gasteiger partial charge in [-0.2, -0.15) is 0 Å². The fourth-order valence-electron chi connectivity index (χ4n) is 8.59. The second-order valence-electron chi connectivity index (χ2n) is 15.2. The first-order valence-corrected chi connectivity index (χ1v) is 20.7. The molecule has 9 aromatic carbocycles. The fraction of sp³-hybridized carbons (Fsp3) is 0.0351. The van der Waals surface area contributed by atoms with E-state index in [1.807, 2.05) is 48.5 Å². The van der Waals surface area contributed by atoms with Gasteiger partial charge < -0.3 is 4.90 Å². The minimum Gasteiger partial charge on any atom is -0.311 e. The first kappa shape index (κ1) is 37.3. The summed E-state index contributed by atoms with van der Waals surface area (Å²) in [6.45, 7) is 4.56. The van der Waals surface area contributed by atoms with Crippen molar-refractivity contribution in [2.45, 2.75) is 13.0 Å².